The van der Waals surface area contributed by atoms with E-state index in [-0.39, 0.29) is 18.2 Å². The molecule has 0 aromatic heterocycles. The van der Waals surface area contributed by atoms with Gasteiger partial charge in [-0.1, -0.05) is 6.07 Å². The Kier molecular flexibility index (Phi) is 4.68. The smallest absolute Gasteiger partial charge is 0.315 e. The molecule has 0 saturated carbocycles. The zero-order chi connectivity index (χ0) is 15.4. The van der Waals surface area contributed by atoms with Crippen molar-refractivity contribution < 1.29 is 19.0 Å². The number of hydrogen-bond donors (Lipinski definition) is 2. The summed E-state index contributed by atoms with van der Waals surface area (Å²) in [6, 6.07) is 5.45. The normalized spacial score (nSPS) is 21.2. The Hall–Kier alpha value is -1.95. The molecule has 2 amide bonds. The first kappa shape index (κ1) is 15.0. The molecule has 2 aliphatic rings. The number of rotatable bonds is 4. The zero-order valence-corrected chi connectivity index (χ0v) is 12.8. The van der Waals surface area contributed by atoms with Crippen LogP contribution in [0.25, 0.3) is 0 Å². The van der Waals surface area contributed by atoms with Crippen LogP contribution in [-0.2, 0) is 4.74 Å². The Balaban J connectivity index is 1.52. The van der Waals surface area contributed by atoms with Gasteiger partial charge in [-0.3, -0.25) is 0 Å². The molecule has 2 N–H and O–H groups in total. The van der Waals surface area contributed by atoms with Crippen LogP contribution in [-0.4, -0.2) is 38.5 Å². The van der Waals surface area contributed by atoms with Gasteiger partial charge in [0.1, 0.15) is 13.2 Å². The van der Waals surface area contributed by atoms with Gasteiger partial charge in [0.2, 0.25) is 0 Å². The van der Waals surface area contributed by atoms with Crippen LogP contribution in [0.15, 0.2) is 18.2 Å². The van der Waals surface area contributed by atoms with Crippen molar-refractivity contribution >= 4 is 6.03 Å². The number of carbonyl (C=O) groups is 1. The minimum atomic E-state index is -0.183. The van der Waals surface area contributed by atoms with Crippen LogP contribution in [0.1, 0.15) is 31.4 Å². The molecule has 0 bridgehead atoms. The molecule has 6 nitrogen and oxygen atoms in total. The Morgan fingerprint density at radius 3 is 2.86 bits per heavy atom. The largest absolute Gasteiger partial charge is 0.486 e. The minimum absolute atomic E-state index is 0.111. The fourth-order valence-corrected chi connectivity index (χ4v) is 2.67. The number of urea groups is 1. The van der Waals surface area contributed by atoms with Crippen molar-refractivity contribution in [2.45, 2.75) is 31.9 Å². The zero-order valence-electron chi connectivity index (χ0n) is 12.8. The summed E-state index contributed by atoms with van der Waals surface area (Å²) < 4.78 is 16.5. The summed E-state index contributed by atoms with van der Waals surface area (Å²) in [5.74, 6) is 1.49. The third kappa shape index (κ3) is 3.62. The number of amides is 2. The van der Waals surface area contributed by atoms with E-state index in [0.29, 0.717) is 19.8 Å². The Labute approximate surface area is 130 Å². The third-order valence-corrected chi connectivity index (χ3v) is 3.93. The minimum Gasteiger partial charge on any atom is -0.486 e. The van der Waals surface area contributed by atoms with Crippen LogP contribution >= 0.6 is 0 Å². The number of carbonyl (C=O) groups excluding carboxylic acids is 1. The SMILES string of the molecule is C[C@@H](NC(=O)NC[C@H]1CCCO1)c1ccc2c(c1)OCCO2. The molecule has 0 spiro atoms. The average Bonchev–Trinajstić information content (AvgIpc) is 3.06. The topological polar surface area (TPSA) is 68.8 Å². The first-order chi connectivity index (χ1) is 10.7. The summed E-state index contributed by atoms with van der Waals surface area (Å²) in [7, 11) is 0. The molecule has 22 heavy (non-hydrogen) atoms. The van der Waals surface area contributed by atoms with Gasteiger partial charge >= 0.3 is 6.03 Å². The van der Waals surface area contributed by atoms with Crippen LogP contribution in [0.4, 0.5) is 4.79 Å². The summed E-state index contributed by atoms with van der Waals surface area (Å²) in [5, 5.41) is 5.78. The molecule has 6 heteroatoms. The molecule has 1 fully saturated rings. The molecule has 1 saturated heterocycles. The first-order valence-corrected chi connectivity index (χ1v) is 7.78. The van der Waals surface area contributed by atoms with Gasteiger partial charge in [-0.25, -0.2) is 4.79 Å². The predicted molar refractivity (Wildman–Crippen MR) is 81.4 cm³/mol. The van der Waals surface area contributed by atoms with E-state index in [0.717, 1.165) is 36.5 Å². The summed E-state index contributed by atoms with van der Waals surface area (Å²) in [5.41, 5.74) is 0.983. The average molecular weight is 306 g/mol. The molecular formula is C16H22N2O4. The van der Waals surface area contributed by atoms with E-state index >= 15 is 0 Å². The lowest BCUT2D eigenvalue weighted by Crippen LogP contribution is -2.40. The van der Waals surface area contributed by atoms with Gasteiger partial charge in [0.15, 0.2) is 11.5 Å². The van der Waals surface area contributed by atoms with Crippen molar-refractivity contribution in [1.29, 1.82) is 0 Å². The standard InChI is InChI=1S/C16H22N2O4/c1-11(18-16(19)17-10-13-3-2-6-20-13)12-4-5-14-15(9-12)22-8-7-21-14/h4-5,9,11,13H,2-3,6-8,10H2,1H3,(H2,17,18,19)/t11-,13-/m1/s1. The molecule has 1 aromatic carbocycles. The second-order valence-electron chi connectivity index (χ2n) is 5.61. The molecule has 0 aliphatic carbocycles. The highest BCUT2D eigenvalue weighted by atomic mass is 16.6. The number of nitrogens with one attached hydrogen (secondary N) is 2. The highest BCUT2D eigenvalue weighted by Gasteiger charge is 2.18. The molecule has 2 atom stereocenters. The van der Waals surface area contributed by atoms with Crippen molar-refractivity contribution in [2.24, 2.45) is 0 Å². The second kappa shape index (κ2) is 6.87. The number of fused-ring (bicyclic) bond motifs is 1. The summed E-state index contributed by atoms with van der Waals surface area (Å²) in [4.78, 5) is 11.9. The van der Waals surface area contributed by atoms with E-state index in [1.165, 1.54) is 0 Å². The fourth-order valence-electron chi connectivity index (χ4n) is 2.67. The highest BCUT2D eigenvalue weighted by Crippen LogP contribution is 2.32. The van der Waals surface area contributed by atoms with Crippen LogP contribution in [0, 0.1) is 0 Å². The van der Waals surface area contributed by atoms with E-state index in [4.69, 9.17) is 14.2 Å². The number of benzene rings is 1. The lowest BCUT2D eigenvalue weighted by Gasteiger charge is -2.21. The third-order valence-electron chi connectivity index (χ3n) is 3.93. The van der Waals surface area contributed by atoms with Crippen LogP contribution < -0.4 is 20.1 Å². The van der Waals surface area contributed by atoms with Crippen molar-refractivity contribution in [3.8, 4) is 11.5 Å². The predicted octanol–water partition coefficient (Wildman–Crippen LogP) is 2.00. The molecule has 1 aromatic rings. The molecule has 3 rings (SSSR count). The van der Waals surface area contributed by atoms with E-state index in [9.17, 15) is 4.79 Å². The summed E-state index contributed by atoms with van der Waals surface area (Å²) in [6.45, 7) is 4.42. The van der Waals surface area contributed by atoms with Gasteiger partial charge in [0.05, 0.1) is 12.1 Å². The molecule has 0 radical (unpaired) electrons. The van der Waals surface area contributed by atoms with Gasteiger partial charge in [-0.2, -0.15) is 0 Å². The second-order valence-corrected chi connectivity index (χ2v) is 5.61. The van der Waals surface area contributed by atoms with Gasteiger partial charge in [0.25, 0.3) is 0 Å². The van der Waals surface area contributed by atoms with Crippen LogP contribution in [0.3, 0.4) is 0 Å². The quantitative estimate of drug-likeness (QED) is 0.892. The van der Waals surface area contributed by atoms with E-state index in [1.54, 1.807) is 0 Å². The van der Waals surface area contributed by atoms with E-state index in [2.05, 4.69) is 10.6 Å². The van der Waals surface area contributed by atoms with Crippen LogP contribution in [0.5, 0.6) is 11.5 Å². The van der Waals surface area contributed by atoms with Gasteiger partial charge in [-0.05, 0) is 37.5 Å². The monoisotopic (exact) mass is 306 g/mol. The van der Waals surface area contributed by atoms with E-state index in [1.807, 2.05) is 25.1 Å². The molecule has 2 aliphatic heterocycles. The van der Waals surface area contributed by atoms with Crippen LogP contribution in [0.2, 0.25) is 0 Å². The van der Waals surface area contributed by atoms with Crippen molar-refractivity contribution in [3.63, 3.8) is 0 Å². The lowest BCUT2D eigenvalue weighted by molar-refractivity contribution is 0.111. The van der Waals surface area contributed by atoms with Crippen molar-refractivity contribution in [1.82, 2.24) is 10.6 Å². The maximum atomic E-state index is 11.9. The lowest BCUT2D eigenvalue weighted by atomic mass is 10.1. The fraction of sp³-hybridized carbons (Fsp3) is 0.562. The Morgan fingerprint density at radius 2 is 2.09 bits per heavy atom. The van der Waals surface area contributed by atoms with Gasteiger partial charge in [0, 0.05) is 13.2 Å². The van der Waals surface area contributed by atoms with Crippen molar-refractivity contribution in [2.75, 3.05) is 26.4 Å². The Morgan fingerprint density at radius 1 is 1.27 bits per heavy atom. The maximum Gasteiger partial charge on any atom is 0.315 e. The van der Waals surface area contributed by atoms with Gasteiger partial charge < -0.3 is 24.8 Å². The maximum absolute atomic E-state index is 11.9. The highest BCUT2D eigenvalue weighted by molar-refractivity contribution is 5.74. The number of hydrogen-bond acceptors (Lipinski definition) is 4. The molecule has 2 heterocycles. The Bertz CT molecular complexity index is 529. The van der Waals surface area contributed by atoms with Gasteiger partial charge in [-0.15, -0.1) is 0 Å². The summed E-state index contributed by atoms with van der Waals surface area (Å²) in [6.07, 6.45) is 2.23. The van der Waals surface area contributed by atoms with E-state index < -0.39 is 0 Å². The first-order valence-electron chi connectivity index (χ1n) is 7.78. The molecule has 120 valence electrons. The number of ether oxygens (including phenoxy) is 3. The molecule has 0 unspecified atom stereocenters. The summed E-state index contributed by atoms with van der Waals surface area (Å²) >= 11 is 0. The van der Waals surface area contributed by atoms with Crippen molar-refractivity contribution in [3.05, 3.63) is 23.8 Å². The molecular weight excluding hydrogens is 284 g/mol.